The highest BCUT2D eigenvalue weighted by molar-refractivity contribution is 5.97. The molecule has 1 aliphatic rings. The quantitative estimate of drug-likeness (QED) is 0.897. The Balaban J connectivity index is 1.79. The molecule has 2 aromatic rings. The first-order valence-corrected chi connectivity index (χ1v) is 7.88. The average Bonchev–Trinajstić information content (AvgIpc) is 3.17. The van der Waals surface area contributed by atoms with Crippen LogP contribution >= 0.6 is 0 Å². The molecule has 0 saturated carbocycles. The monoisotopic (exact) mass is 314 g/mol. The molecule has 122 valence electrons. The molecule has 1 atom stereocenters. The lowest BCUT2D eigenvalue weighted by Crippen LogP contribution is -2.35. The molecule has 6 nitrogen and oxygen atoms in total. The number of fused-ring (bicyclic) bond motifs is 1. The maximum atomic E-state index is 12.2. The largest absolute Gasteiger partial charge is 0.347 e. The normalized spacial score (nSPS) is 17.4. The third-order valence-corrected chi connectivity index (χ3v) is 4.22. The highest BCUT2D eigenvalue weighted by Crippen LogP contribution is 2.21. The molecule has 23 heavy (non-hydrogen) atoms. The van der Waals surface area contributed by atoms with Gasteiger partial charge in [0.2, 0.25) is 11.8 Å². The van der Waals surface area contributed by atoms with Gasteiger partial charge in [0.1, 0.15) is 6.54 Å². The Hall–Kier alpha value is -2.34. The Morgan fingerprint density at radius 1 is 1.35 bits per heavy atom. The van der Waals surface area contributed by atoms with Gasteiger partial charge in [-0.05, 0) is 43.0 Å². The van der Waals surface area contributed by atoms with Crippen molar-refractivity contribution in [2.24, 2.45) is 0 Å². The van der Waals surface area contributed by atoms with Crippen LogP contribution < -0.4 is 10.6 Å². The second kappa shape index (κ2) is 6.42. The lowest BCUT2D eigenvalue weighted by atomic mass is 10.2. The van der Waals surface area contributed by atoms with Gasteiger partial charge in [0, 0.05) is 26.0 Å². The number of hydrogen-bond acceptors (Lipinski definition) is 3. The molecule has 1 aromatic heterocycles. The molecule has 2 N–H and O–H groups in total. The maximum Gasteiger partial charge on any atom is 0.241 e. The van der Waals surface area contributed by atoms with Crippen LogP contribution in [-0.2, 0) is 16.1 Å². The zero-order valence-corrected chi connectivity index (χ0v) is 13.5. The molecule has 0 aliphatic carbocycles. The summed E-state index contributed by atoms with van der Waals surface area (Å²) in [6.07, 6.45) is 3.81. The lowest BCUT2D eigenvalue weighted by molar-refractivity contribution is -0.129. The van der Waals surface area contributed by atoms with Gasteiger partial charge in [-0.1, -0.05) is 6.07 Å². The van der Waals surface area contributed by atoms with E-state index in [4.69, 9.17) is 0 Å². The van der Waals surface area contributed by atoms with E-state index in [0.717, 1.165) is 36.0 Å². The van der Waals surface area contributed by atoms with Gasteiger partial charge in [-0.2, -0.15) is 0 Å². The zero-order valence-electron chi connectivity index (χ0n) is 13.5. The summed E-state index contributed by atoms with van der Waals surface area (Å²) in [4.78, 5) is 25.7. The molecule has 1 aliphatic heterocycles. The molecule has 0 spiro atoms. The fourth-order valence-electron chi connectivity index (χ4n) is 2.82. The topological polar surface area (TPSA) is 66.4 Å². The van der Waals surface area contributed by atoms with Crippen LogP contribution in [0.3, 0.4) is 0 Å². The number of rotatable bonds is 4. The molecule has 0 bridgehead atoms. The van der Waals surface area contributed by atoms with Crippen molar-refractivity contribution in [1.82, 2.24) is 14.8 Å². The molecular weight excluding hydrogens is 292 g/mol. The van der Waals surface area contributed by atoms with Crippen molar-refractivity contribution >= 4 is 28.4 Å². The van der Waals surface area contributed by atoms with Gasteiger partial charge in [-0.15, -0.1) is 0 Å². The van der Waals surface area contributed by atoms with E-state index >= 15 is 0 Å². The van der Waals surface area contributed by atoms with Crippen LogP contribution in [0, 0.1) is 0 Å². The highest BCUT2D eigenvalue weighted by Gasteiger charge is 2.22. The summed E-state index contributed by atoms with van der Waals surface area (Å²) in [6.45, 7) is 1.19. The van der Waals surface area contributed by atoms with Gasteiger partial charge in [-0.25, -0.2) is 0 Å². The minimum absolute atomic E-state index is 0.00400. The van der Waals surface area contributed by atoms with Crippen LogP contribution in [0.25, 0.3) is 10.9 Å². The lowest BCUT2D eigenvalue weighted by Gasteiger charge is -2.13. The van der Waals surface area contributed by atoms with Gasteiger partial charge >= 0.3 is 0 Å². The van der Waals surface area contributed by atoms with Crippen LogP contribution in [0.1, 0.15) is 12.8 Å². The average molecular weight is 314 g/mol. The van der Waals surface area contributed by atoms with Crippen molar-refractivity contribution < 1.29 is 9.59 Å². The van der Waals surface area contributed by atoms with Crippen LogP contribution in [0.2, 0.25) is 0 Å². The Kier molecular flexibility index (Phi) is 4.34. The van der Waals surface area contributed by atoms with Crippen LogP contribution in [-0.4, -0.2) is 48.0 Å². The van der Waals surface area contributed by atoms with E-state index in [1.54, 1.807) is 19.0 Å². The van der Waals surface area contributed by atoms with Crippen LogP contribution in [0.4, 0.5) is 5.69 Å². The number of aromatic nitrogens is 1. The van der Waals surface area contributed by atoms with E-state index in [1.807, 2.05) is 35.0 Å². The smallest absolute Gasteiger partial charge is 0.241 e. The van der Waals surface area contributed by atoms with Crippen LogP contribution in [0.5, 0.6) is 0 Å². The molecule has 0 radical (unpaired) electrons. The van der Waals surface area contributed by atoms with Crippen molar-refractivity contribution in [3.8, 4) is 0 Å². The van der Waals surface area contributed by atoms with Crippen molar-refractivity contribution in [1.29, 1.82) is 0 Å². The van der Waals surface area contributed by atoms with Gasteiger partial charge in [0.15, 0.2) is 0 Å². The molecule has 1 fully saturated rings. The zero-order chi connectivity index (χ0) is 16.4. The number of nitrogens with zero attached hydrogens (tertiary/aromatic N) is 2. The third-order valence-electron chi connectivity index (χ3n) is 4.22. The van der Waals surface area contributed by atoms with E-state index in [-0.39, 0.29) is 24.4 Å². The van der Waals surface area contributed by atoms with E-state index in [0.29, 0.717) is 0 Å². The SMILES string of the molecule is CN(C)C(=O)Cn1ccc2ccc(NC(=O)C3CCCN3)cc21. The Labute approximate surface area is 135 Å². The standard InChI is InChI=1S/C17H22N4O2/c1-20(2)16(22)11-21-9-7-12-5-6-13(10-15(12)21)19-17(23)14-4-3-8-18-14/h5-7,9-10,14,18H,3-4,8,11H2,1-2H3,(H,19,23). The fourth-order valence-corrected chi connectivity index (χ4v) is 2.82. The molecular formula is C17H22N4O2. The number of carbonyl (C=O) groups is 2. The highest BCUT2D eigenvalue weighted by atomic mass is 16.2. The summed E-state index contributed by atoms with van der Waals surface area (Å²) < 4.78 is 1.90. The van der Waals surface area contributed by atoms with E-state index in [2.05, 4.69) is 10.6 Å². The number of benzene rings is 1. The Bertz CT molecular complexity index is 729. The number of amides is 2. The summed E-state index contributed by atoms with van der Waals surface area (Å²) in [7, 11) is 3.49. The number of hydrogen-bond donors (Lipinski definition) is 2. The maximum absolute atomic E-state index is 12.2. The van der Waals surface area contributed by atoms with Crippen molar-refractivity contribution in [2.75, 3.05) is 26.0 Å². The van der Waals surface area contributed by atoms with Crippen molar-refractivity contribution in [3.05, 3.63) is 30.5 Å². The van der Waals surface area contributed by atoms with Gasteiger partial charge in [0.05, 0.1) is 11.6 Å². The predicted molar refractivity (Wildman–Crippen MR) is 90.3 cm³/mol. The molecule has 1 aromatic carbocycles. The third kappa shape index (κ3) is 3.37. The first kappa shape index (κ1) is 15.6. The van der Waals surface area contributed by atoms with Gasteiger partial charge in [-0.3, -0.25) is 9.59 Å². The summed E-state index contributed by atoms with van der Waals surface area (Å²) in [5.41, 5.74) is 1.70. The van der Waals surface area contributed by atoms with E-state index in [9.17, 15) is 9.59 Å². The number of anilines is 1. The minimum atomic E-state index is -0.104. The predicted octanol–water partition coefficient (Wildman–Crippen LogP) is 1.42. The first-order valence-electron chi connectivity index (χ1n) is 7.88. The summed E-state index contributed by atoms with van der Waals surface area (Å²) >= 11 is 0. The second-order valence-electron chi connectivity index (χ2n) is 6.14. The molecule has 1 saturated heterocycles. The fraction of sp³-hybridized carbons (Fsp3) is 0.412. The van der Waals surface area contributed by atoms with Gasteiger partial charge < -0.3 is 20.1 Å². The second-order valence-corrected chi connectivity index (χ2v) is 6.14. The molecule has 3 rings (SSSR count). The van der Waals surface area contributed by atoms with Crippen LogP contribution in [0.15, 0.2) is 30.5 Å². The Morgan fingerprint density at radius 3 is 2.87 bits per heavy atom. The molecule has 2 amide bonds. The molecule has 1 unspecified atom stereocenters. The van der Waals surface area contributed by atoms with Crippen molar-refractivity contribution in [2.45, 2.75) is 25.4 Å². The molecule has 2 heterocycles. The van der Waals surface area contributed by atoms with E-state index < -0.39 is 0 Å². The number of carbonyl (C=O) groups excluding carboxylic acids is 2. The Morgan fingerprint density at radius 2 is 2.17 bits per heavy atom. The first-order chi connectivity index (χ1) is 11.0. The summed E-state index contributed by atoms with van der Waals surface area (Å²) in [5.74, 6) is 0.0384. The number of nitrogens with one attached hydrogen (secondary N) is 2. The van der Waals surface area contributed by atoms with E-state index in [1.165, 1.54) is 0 Å². The van der Waals surface area contributed by atoms with Crippen molar-refractivity contribution in [3.63, 3.8) is 0 Å². The minimum Gasteiger partial charge on any atom is -0.347 e. The summed E-state index contributed by atoms with van der Waals surface area (Å²) in [6, 6.07) is 7.65. The number of likely N-dealkylation sites (N-methyl/N-ethyl adjacent to an activating group) is 1. The molecule has 6 heteroatoms. The van der Waals surface area contributed by atoms with Gasteiger partial charge in [0.25, 0.3) is 0 Å². The summed E-state index contributed by atoms with van der Waals surface area (Å²) in [5, 5.41) is 7.20.